The zero-order chi connectivity index (χ0) is 15.2. The lowest BCUT2D eigenvalue weighted by Gasteiger charge is -2.13. The zero-order valence-electron chi connectivity index (χ0n) is 11.4. The van der Waals surface area contributed by atoms with E-state index in [2.05, 4.69) is 5.32 Å². The average molecular weight is 306 g/mol. The van der Waals surface area contributed by atoms with Crippen LogP contribution in [0.15, 0.2) is 18.2 Å². The van der Waals surface area contributed by atoms with Crippen molar-refractivity contribution in [1.29, 1.82) is 0 Å². The lowest BCUT2D eigenvalue weighted by molar-refractivity contribution is -0.384. The quantitative estimate of drug-likeness (QED) is 0.670. The summed E-state index contributed by atoms with van der Waals surface area (Å²) in [7, 11) is 0. The lowest BCUT2D eigenvalue weighted by Crippen LogP contribution is -2.39. The van der Waals surface area contributed by atoms with Crippen molar-refractivity contribution in [3.8, 4) is 0 Å². The van der Waals surface area contributed by atoms with Crippen LogP contribution < -0.4 is 5.32 Å². The van der Waals surface area contributed by atoms with Gasteiger partial charge in [0.05, 0.1) is 21.9 Å². The topological polar surface area (TPSA) is 92.5 Å². The molecule has 110 valence electrons. The van der Waals surface area contributed by atoms with Crippen molar-refractivity contribution in [3.05, 3.63) is 38.8 Å². The molecule has 2 N–H and O–H groups in total. The van der Waals surface area contributed by atoms with E-state index in [-0.39, 0.29) is 18.2 Å². The van der Waals surface area contributed by atoms with Gasteiger partial charge in [0.25, 0.3) is 11.6 Å². The highest BCUT2D eigenvalue weighted by molar-refractivity contribution is 7.21. The van der Waals surface area contributed by atoms with Gasteiger partial charge in [-0.1, -0.05) is 0 Å². The summed E-state index contributed by atoms with van der Waals surface area (Å²) in [5.41, 5.74) is 0.292. The smallest absolute Gasteiger partial charge is 0.270 e. The second kappa shape index (κ2) is 4.78. The first-order valence-electron chi connectivity index (χ1n) is 6.57. The van der Waals surface area contributed by atoms with Crippen molar-refractivity contribution >= 4 is 33.0 Å². The molecule has 21 heavy (non-hydrogen) atoms. The number of fused-ring (bicyclic) bond motifs is 1. The number of amides is 1. The number of benzene rings is 1. The lowest BCUT2D eigenvalue weighted by atomic mass is 10.1. The van der Waals surface area contributed by atoms with Gasteiger partial charge in [-0.25, -0.2) is 0 Å². The van der Waals surface area contributed by atoms with Gasteiger partial charge in [0, 0.05) is 22.2 Å². The number of nitrogens with one attached hydrogen (secondary N) is 1. The minimum absolute atomic E-state index is 0.0179. The van der Waals surface area contributed by atoms with E-state index in [0.29, 0.717) is 4.88 Å². The van der Waals surface area contributed by atoms with Gasteiger partial charge in [0.15, 0.2) is 0 Å². The third-order valence-corrected chi connectivity index (χ3v) is 5.14. The Morgan fingerprint density at radius 1 is 1.52 bits per heavy atom. The predicted molar refractivity (Wildman–Crippen MR) is 79.7 cm³/mol. The van der Waals surface area contributed by atoms with Gasteiger partial charge in [-0.05, 0) is 31.4 Å². The third kappa shape index (κ3) is 2.38. The number of nitro benzene ring substituents is 1. The average Bonchev–Trinajstić information content (AvgIpc) is 3.16. The monoisotopic (exact) mass is 306 g/mol. The summed E-state index contributed by atoms with van der Waals surface area (Å²) in [4.78, 5) is 23.3. The standard InChI is InChI=1S/C14H14N2O4S/c1-8-10-6-9(16(19)20)2-3-11(10)21-12(8)13(18)15-14(7-17)4-5-14/h2-3,6,17H,4-5,7H2,1H3,(H,15,18). The van der Waals surface area contributed by atoms with E-state index in [4.69, 9.17) is 0 Å². The third-order valence-electron chi connectivity index (χ3n) is 3.87. The summed E-state index contributed by atoms with van der Waals surface area (Å²) in [5, 5.41) is 23.7. The molecule has 7 heteroatoms. The maximum Gasteiger partial charge on any atom is 0.270 e. The molecule has 0 bridgehead atoms. The Balaban J connectivity index is 1.97. The predicted octanol–water partition coefficient (Wildman–Crippen LogP) is 2.37. The van der Waals surface area contributed by atoms with Crippen LogP contribution in [0.3, 0.4) is 0 Å². The van der Waals surface area contributed by atoms with Crippen molar-refractivity contribution < 1.29 is 14.8 Å². The molecule has 2 aromatic rings. The van der Waals surface area contributed by atoms with E-state index in [0.717, 1.165) is 28.5 Å². The summed E-state index contributed by atoms with van der Waals surface area (Å²) in [5.74, 6) is -0.220. The Hall–Kier alpha value is -1.99. The highest BCUT2D eigenvalue weighted by Crippen LogP contribution is 2.37. The van der Waals surface area contributed by atoms with Crippen LogP contribution in [0.5, 0.6) is 0 Å². The van der Waals surface area contributed by atoms with E-state index in [1.165, 1.54) is 23.5 Å². The molecule has 1 aromatic heterocycles. The molecule has 0 aliphatic heterocycles. The number of carbonyl (C=O) groups is 1. The Bertz CT molecular complexity index is 749. The van der Waals surface area contributed by atoms with Crippen LogP contribution in [0.25, 0.3) is 10.1 Å². The largest absolute Gasteiger partial charge is 0.394 e. The number of hydrogen-bond acceptors (Lipinski definition) is 5. The van der Waals surface area contributed by atoms with Gasteiger partial charge in [-0.15, -0.1) is 11.3 Å². The summed E-state index contributed by atoms with van der Waals surface area (Å²) in [6.45, 7) is 1.73. The Labute approximate surface area is 124 Å². The number of nitro groups is 1. The van der Waals surface area contributed by atoms with Crippen LogP contribution in [0.2, 0.25) is 0 Å². The van der Waals surface area contributed by atoms with E-state index in [1.54, 1.807) is 13.0 Å². The number of aryl methyl sites for hydroxylation is 1. The molecule has 6 nitrogen and oxygen atoms in total. The Morgan fingerprint density at radius 2 is 2.24 bits per heavy atom. The number of nitrogens with zero attached hydrogens (tertiary/aromatic N) is 1. The van der Waals surface area contributed by atoms with Gasteiger partial charge in [-0.3, -0.25) is 14.9 Å². The summed E-state index contributed by atoms with van der Waals surface area (Å²) >= 11 is 1.32. The molecule has 1 fully saturated rings. The van der Waals surface area contributed by atoms with Gasteiger partial charge >= 0.3 is 0 Å². The van der Waals surface area contributed by atoms with Crippen molar-refractivity contribution in [1.82, 2.24) is 5.32 Å². The van der Waals surface area contributed by atoms with E-state index < -0.39 is 10.5 Å². The van der Waals surface area contributed by atoms with Crippen molar-refractivity contribution in [2.75, 3.05) is 6.61 Å². The molecule has 1 amide bonds. The molecule has 0 radical (unpaired) electrons. The van der Waals surface area contributed by atoms with Crippen molar-refractivity contribution in [2.24, 2.45) is 0 Å². The molecule has 0 unspecified atom stereocenters. The fraction of sp³-hybridized carbons (Fsp3) is 0.357. The molecule has 1 heterocycles. The summed E-state index contributed by atoms with van der Waals surface area (Å²) in [6, 6.07) is 4.60. The van der Waals surface area contributed by atoms with Crippen molar-refractivity contribution in [2.45, 2.75) is 25.3 Å². The molecule has 0 saturated heterocycles. The maximum absolute atomic E-state index is 12.3. The fourth-order valence-corrected chi connectivity index (χ4v) is 3.39. The number of thiophene rings is 1. The van der Waals surface area contributed by atoms with Crippen LogP contribution in [0.4, 0.5) is 5.69 Å². The minimum atomic E-state index is -0.467. The number of aliphatic hydroxyl groups is 1. The molecule has 0 spiro atoms. The van der Waals surface area contributed by atoms with Crippen LogP contribution >= 0.6 is 11.3 Å². The van der Waals surface area contributed by atoms with E-state index >= 15 is 0 Å². The van der Waals surface area contributed by atoms with Crippen LogP contribution in [0.1, 0.15) is 28.1 Å². The molecule has 1 aromatic carbocycles. The number of aliphatic hydroxyl groups excluding tert-OH is 1. The molecule has 3 rings (SSSR count). The highest BCUT2D eigenvalue weighted by atomic mass is 32.1. The Morgan fingerprint density at radius 3 is 2.81 bits per heavy atom. The SMILES string of the molecule is Cc1c(C(=O)NC2(CO)CC2)sc2ccc([N+](=O)[O-])cc12. The Kier molecular flexibility index (Phi) is 3.18. The molecular formula is C14H14N2O4S. The number of non-ortho nitro benzene ring substituents is 1. The van der Waals surface area contributed by atoms with Gasteiger partial charge < -0.3 is 10.4 Å². The first-order chi connectivity index (χ1) is 9.96. The number of rotatable bonds is 4. The van der Waals surface area contributed by atoms with Crippen LogP contribution in [-0.4, -0.2) is 28.1 Å². The number of carbonyl (C=O) groups excluding carboxylic acids is 1. The number of hydrogen-bond donors (Lipinski definition) is 2. The molecule has 1 saturated carbocycles. The normalized spacial score (nSPS) is 15.9. The van der Waals surface area contributed by atoms with Crippen LogP contribution in [0, 0.1) is 17.0 Å². The zero-order valence-corrected chi connectivity index (χ0v) is 12.2. The molecular weight excluding hydrogens is 292 g/mol. The van der Waals surface area contributed by atoms with Gasteiger partial charge in [0.1, 0.15) is 0 Å². The maximum atomic E-state index is 12.3. The minimum Gasteiger partial charge on any atom is -0.394 e. The highest BCUT2D eigenvalue weighted by Gasteiger charge is 2.43. The fourth-order valence-electron chi connectivity index (χ4n) is 2.31. The second-order valence-corrected chi connectivity index (χ2v) is 6.44. The second-order valence-electron chi connectivity index (χ2n) is 5.39. The van der Waals surface area contributed by atoms with E-state index in [9.17, 15) is 20.0 Å². The summed E-state index contributed by atoms with van der Waals surface area (Å²) in [6.07, 6.45) is 1.56. The molecule has 1 aliphatic rings. The van der Waals surface area contributed by atoms with Crippen LogP contribution in [-0.2, 0) is 0 Å². The summed E-state index contributed by atoms with van der Waals surface area (Å²) < 4.78 is 0.845. The van der Waals surface area contributed by atoms with E-state index in [1.807, 2.05) is 0 Å². The van der Waals surface area contributed by atoms with Gasteiger partial charge in [0.2, 0.25) is 0 Å². The first kappa shape index (κ1) is 14.0. The molecule has 1 aliphatic carbocycles. The van der Waals surface area contributed by atoms with Gasteiger partial charge in [-0.2, -0.15) is 0 Å². The van der Waals surface area contributed by atoms with Crippen molar-refractivity contribution in [3.63, 3.8) is 0 Å². The molecule has 0 atom stereocenters. The first-order valence-corrected chi connectivity index (χ1v) is 7.38.